The number of nitrogens with zero attached hydrogens (tertiary/aromatic N) is 1. The summed E-state index contributed by atoms with van der Waals surface area (Å²) < 4.78 is 11.2. The van der Waals surface area contributed by atoms with Crippen molar-refractivity contribution in [3.05, 3.63) is 23.8 Å². The molecule has 1 N–H and O–H groups in total. The second-order valence-corrected chi connectivity index (χ2v) is 6.40. The number of nitriles is 1. The lowest BCUT2D eigenvalue weighted by atomic mass is 9.86. The fourth-order valence-electron chi connectivity index (χ4n) is 1.95. The molecule has 0 spiro atoms. The van der Waals surface area contributed by atoms with Crippen LogP contribution in [0, 0.1) is 11.3 Å². The summed E-state index contributed by atoms with van der Waals surface area (Å²) in [4.78, 5) is 0. The predicted molar refractivity (Wildman–Crippen MR) is 84.9 cm³/mol. The van der Waals surface area contributed by atoms with Crippen molar-refractivity contribution in [3.63, 3.8) is 0 Å². The second-order valence-electron chi connectivity index (χ2n) is 6.40. The SMILES string of the molecule is CNC(C)(C#N)CCOc1ccc(OC)cc1C(C)(C)C. The highest BCUT2D eigenvalue weighted by Gasteiger charge is 2.23. The molecular formula is C17H26N2O2. The van der Waals surface area contributed by atoms with Crippen LogP contribution in [0.3, 0.4) is 0 Å². The van der Waals surface area contributed by atoms with Crippen LogP contribution >= 0.6 is 0 Å². The van der Waals surface area contributed by atoms with Crippen LogP contribution in [-0.4, -0.2) is 26.3 Å². The minimum absolute atomic E-state index is 0.0363. The summed E-state index contributed by atoms with van der Waals surface area (Å²) in [5.41, 5.74) is 0.504. The van der Waals surface area contributed by atoms with E-state index in [4.69, 9.17) is 14.7 Å². The van der Waals surface area contributed by atoms with Crippen LogP contribution in [-0.2, 0) is 5.41 Å². The van der Waals surface area contributed by atoms with Crippen molar-refractivity contribution in [3.8, 4) is 17.6 Å². The zero-order chi connectivity index (χ0) is 16.1. The van der Waals surface area contributed by atoms with E-state index in [0.717, 1.165) is 17.1 Å². The Morgan fingerprint density at radius 2 is 1.90 bits per heavy atom. The third-order valence-electron chi connectivity index (χ3n) is 3.65. The maximum absolute atomic E-state index is 9.15. The zero-order valence-electron chi connectivity index (χ0n) is 13.9. The summed E-state index contributed by atoms with van der Waals surface area (Å²) in [7, 11) is 3.45. The van der Waals surface area contributed by atoms with Gasteiger partial charge in [-0.05, 0) is 37.6 Å². The van der Waals surface area contributed by atoms with E-state index in [-0.39, 0.29) is 5.41 Å². The van der Waals surface area contributed by atoms with Gasteiger partial charge in [-0.15, -0.1) is 0 Å². The largest absolute Gasteiger partial charge is 0.497 e. The molecule has 0 aliphatic heterocycles. The number of rotatable bonds is 6. The lowest BCUT2D eigenvalue weighted by Gasteiger charge is -2.25. The lowest BCUT2D eigenvalue weighted by molar-refractivity contribution is 0.267. The molecule has 0 aliphatic carbocycles. The van der Waals surface area contributed by atoms with E-state index in [9.17, 15) is 0 Å². The molecule has 4 nitrogen and oxygen atoms in total. The Bertz CT molecular complexity index is 515. The molecule has 0 heterocycles. The minimum atomic E-state index is -0.561. The van der Waals surface area contributed by atoms with E-state index in [1.54, 1.807) is 14.2 Å². The first kappa shape index (κ1) is 17.3. The maximum Gasteiger partial charge on any atom is 0.123 e. The van der Waals surface area contributed by atoms with Crippen LogP contribution in [0.4, 0.5) is 0 Å². The summed E-state index contributed by atoms with van der Waals surface area (Å²) in [5.74, 6) is 1.67. The monoisotopic (exact) mass is 290 g/mol. The molecule has 0 fully saturated rings. The Hall–Kier alpha value is -1.73. The van der Waals surface area contributed by atoms with Crippen molar-refractivity contribution in [1.29, 1.82) is 5.26 Å². The molecule has 1 aromatic rings. The Morgan fingerprint density at radius 3 is 2.38 bits per heavy atom. The van der Waals surface area contributed by atoms with Gasteiger partial charge in [0.15, 0.2) is 0 Å². The summed E-state index contributed by atoms with van der Waals surface area (Å²) in [6, 6.07) is 8.11. The first-order valence-electron chi connectivity index (χ1n) is 7.17. The first-order chi connectivity index (χ1) is 9.75. The van der Waals surface area contributed by atoms with Crippen LogP contribution in [0.15, 0.2) is 18.2 Å². The average Bonchev–Trinajstić information content (AvgIpc) is 2.46. The van der Waals surface area contributed by atoms with Crippen LogP contribution in [0.2, 0.25) is 0 Å². The van der Waals surface area contributed by atoms with Gasteiger partial charge in [0, 0.05) is 12.0 Å². The van der Waals surface area contributed by atoms with Crippen molar-refractivity contribution in [2.75, 3.05) is 20.8 Å². The Morgan fingerprint density at radius 1 is 1.24 bits per heavy atom. The van der Waals surface area contributed by atoms with Gasteiger partial charge in [-0.25, -0.2) is 0 Å². The second kappa shape index (κ2) is 6.82. The van der Waals surface area contributed by atoms with Gasteiger partial charge in [-0.1, -0.05) is 20.8 Å². The molecule has 116 valence electrons. The number of methoxy groups -OCH3 is 1. The lowest BCUT2D eigenvalue weighted by Crippen LogP contribution is -2.39. The van der Waals surface area contributed by atoms with Crippen LogP contribution in [0.5, 0.6) is 11.5 Å². The van der Waals surface area contributed by atoms with E-state index in [1.807, 2.05) is 25.1 Å². The van der Waals surface area contributed by atoms with Gasteiger partial charge in [0.1, 0.15) is 17.0 Å². The Labute approximate surface area is 128 Å². The number of hydrogen-bond donors (Lipinski definition) is 1. The maximum atomic E-state index is 9.15. The highest BCUT2D eigenvalue weighted by molar-refractivity contribution is 5.44. The third-order valence-corrected chi connectivity index (χ3v) is 3.65. The zero-order valence-corrected chi connectivity index (χ0v) is 13.9. The van der Waals surface area contributed by atoms with E-state index in [1.165, 1.54) is 0 Å². The van der Waals surface area contributed by atoms with E-state index >= 15 is 0 Å². The molecular weight excluding hydrogens is 264 g/mol. The quantitative estimate of drug-likeness (QED) is 0.873. The van der Waals surface area contributed by atoms with Crippen LogP contribution < -0.4 is 14.8 Å². The molecule has 1 aromatic carbocycles. The predicted octanol–water partition coefficient (Wildman–Crippen LogP) is 3.26. The van der Waals surface area contributed by atoms with Gasteiger partial charge in [0.25, 0.3) is 0 Å². The molecule has 0 bridgehead atoms. The molecule has 0 saturated heterocycles. The summed E-state index contributed by atoms with van der Waals surface area (Å²) in [6.45, 7) is 8.78. The molecule has 0 aliphatic rings. The molecule has 1 unspecified atom stereocenters. The summed E-state index contributed by atoms with van der Waals surface area (Å²) in [5, 5.41) is 12.2. The van der Waals surface area contributed by atoms with Crippen LogP contribution in [0.25, 0.3) is 0 Å². The van der Waals surface area contributed by atoms with Crippen molar-refractivity contribution in [1.82, 2.24) is 5.32 Å². The van der Waals surface area contributed by atoms with Gasteiger partial charge >= 0.3 is 0 Å². The molecule has 0 radical (unpaired) electrons. The summed E-state index contributed by atoms with van der Waals surface area (Å²) >= 11 is 0. The molecule has 4 heteroatoms. The fraction of sp³-hybridized carbons (Fsp3) is 0.588. The van der Waals surface area contributed by atoms with E-state index in [0.29, 0.717) is 13.0 Å². The van der Waals surface area contributed by atoms with Crippen molar-refractivity contribution >= 4 is 0 Å². The highest BCUT2D eigenvalue weighted by atomic mass is 16.5. The molecule has 1 atom stereocenters. The van der Waals surface area contributed by atoms with Gasteiger partial charge in [-0.2, -0.15) is 5.26 Å². The number of ether oxygens (including phenoxy) is 2. The van der Waals surface area contributed by atoms with E-state index < -0.39 is 5.54 Å². The standard InChI is InChI=1S/C17H26N2O2/c1-16(2,3)14-11-13(20-6)7-8-15(14)21-10-9-17(4,12-18)19-5/h7-8,11,19H,9-10H2,1-6H3. The third kappa shape index (κ3) is 4.64. The Balaban J connectivity index is 2.87. The van der Waals surface area contributed by atoms with Gasteiger partial charge in [-0.3, -0.25) is 0 Å². The number of nitrogens with one attached hydrogen (secondary N) is 1. The smallest absolute Gasteiger partial charge is 0.123 e. The van der Waals surface area contributed by atoms with E-state index in [2.05, 4.69) is 32.2 Å². The normalized spacial score (nSPS) is 14.1. The minimum Gasteiger partial charge on any atom is -0.497 e. The first-order valence-corrected chi connectivity index (χ1v) is 7.17. The molecule has 1 rings (SSSR count). The van der Waals surface area contributed by atoms with Crippen LogP contribution in [0.1, 0.15) is 39.7 Å². The molecule has 0 aromatic heterocycles. The van der Waals surface area contributed by atoms with Gasteiger partial charge in [0.05, 0.1) is 19.8 Å². The summed E-state index contributed by atoms with van der Waals surface area (Å²) in [6.07, 6.45) is 0.621. The highest BCUT2D eigenvalue weighted by Crippen LogP contribution is 2.34. The molecule has 0 saturated carbocycles. The topological polar surface area (TPSA) is 54.3 Å². The van der Waals surface area contributed by atoms with Crippen molar-refractivity contribution < 1.29 is 9.47 Å². The number of benzene rings is 1. The van der Waals surface area contributed by atoms with Crippen molar-refractivity contribution in [2.45, 2.75) is 45.1 Å². The van der Waals surface area contributed by atoms with Gasteiger partial charge < -0.3 is 14.8 Å². The fourth-order valence-corrected chi connectivity index (χ4v) is 1.95. The average molecular weight is 290 g/mol. The molecule has 21 heavy (non-hydrogen) atoms. The van der Waals surface area contributed by atoms with Gasteiger partial charge in [0.2, 0.25) is 0 Å². The van der Waals surface area contributed by atoms with Crippen molar-refractivity contribution in [2.24, 2.45) is 0 Å². The number of hydrogen-bond acceptors (Lipinski definition) is 4. The molecule has 0 amide bonds. The Kier molecular flexibility index (Phi) is 5.62.